The molecule has 1 saturated heterocycles. The molecule has 4 atom stereocenters. The average Bonchev–Trinajstić information content (AvgIpc) is 3.31. The zero-order valence-electron chi connectivity index (χ0n) is 14.7. The van der Waals surface area contributed by atoms with Crippen molar-refractivity contribution in [1.82, 2.24) is 4.90 Å². The largest absolute Gasteiger partial charge is 0.339 e. The van der Waals surface area contributed by atoms with Crippen molar-refractivity contribution >= 4 is 15.7 Å². The van der Waals surface area contributed by atoms with Gasteiger partial charge in [0.05, 0.1) is 5.25 Å². The molecule has 0 spiro atoms. The summed E-state index contributed by atoms with van der Waals surface area (Å²) in [5, 5.41) is -0.256. The minimum atomic E-state index is -3.25. The summed E-state index contributed by atoms with van der Waals surface area (Å²) in [6.07, 6.45) is 12.3. The highest BCUT2D eigenvalue weighted by Crippen LogP contribution is 2.50. The highest BCUT2D eigenvalue weighted by atomic mass is 32.2. The van der Waals surface area contributed by atoms with E-state index in [0.717, 1.165) is 69.2 Å². The molecule has 3 saturated carbocycles. The Hall–Kier alpha value is -0.580. The van der Waals surface area contributed by atoms with E-state index in [0.29, 0.717) is 6.04 Å². The molecule has 4 fully saturated rings. The molecule has 0 aromatic heterocycles. The van der Waals surface area contributed by atoms with E-state index in [-0.39, 0.29) is 16.9 Å². The fourth-order valence-corrected chi connectivity index (χ4v) is 7.84. The molecule has 4 rings (SSSR count). The van der Waals surface area contributed by atoms with Crippen molar-refractivity contribution in [2.45, 2.75) is 81.9 Å². The predicted molar refractivity (Wildman–Crippen MR) is 94.3 cm³/mol. The van der Waals surface area contributed by atoms with E-state index in [2.05, 4.69) is 0 Å². The van der Waals surface area contributed by atoms with Gasteiger partial charge in [-0.15, -0.1) is 0 Å². The lowest BCUT2D eigenvalue weighted by molar-refractivity contribution is -0.129. The third-order valence-corrected chi connectivity index (χ3v) is 9.43. The van der Waals surface area contributed by atoms with Crippen LogP contribution in [0, 0.1) is 17.8 Å². The Bertz CT molecular complexity index is 581. The third kappa shape index (κ3) is 3.25. The monoisotopic (exact) mass is 353 g/mol. The Balaban J connectivity index is 1.36. The number of hydrogen-bond donors (Lipinski definition) is 0. The lowest BCUT2D eigenvalue weighted by Crippen LogP contribution is -2.41. The Morgan fingerprint density at radius 2 is 1.75 bits per heavy atom. The van der Waals surface area contributed by atoms with Crippen LogP contribution in [-0.4, -0.2) is 42.8 Å². The van der Waals surface area contributed by atoms with Crippen molar-refractivity contribution in [1.29, 1.82) is 0 Å². The molecule has 3 aliphatic carbocycles. The van der Waals surface area contributed by atoms with Crippen LogP contribution in [0.25, 0.3) is 0 Å². The molecule has 1 aliphatic heterocycles. The van der Waals surface area contributed by atoms with E-state index in [1.54, 1.807) is 0 Å². The summed E-state index contributed by atoms with van der Waals surface area (Å²) in [7, 11) is -3.25. The van der Waals surface area contributed by atoms with E-state index in [4.69, 9.17) is 0 Å². The van der Waals surface area contributed by atoms with E-state index >= 15 is 0 Å². The van der Waals surface area contributed by atoms with Crippen LogP contribution in [-0.2, 0) is 14.6 Å². The van der Waals surface area contributed by atoms with Gasteiger partial charge in [0.2, 0.25) is 5.91 Å². The van der Waals surface area contributed by atoms with E-state index in [9.17, 15) is 13.2 Å². The highest BCUT2D eigenvalue weighted by Gasteiger charge is 2.42. The quantitative estimate of drug-likeness (QED) is 0.763. The normalized spacial score (nSPS) is 36.8. The van der Waals surface area contributed by atoms with Crippen molar-refractivity contribution in [3.8, 4) is 0 Å². The summed E-state index contributed by atoms with van der Waals surface area (Å²) in [5.41, 5.74) is 0. The van der Waals surface area contributed by atoms with Gasteiger partial charge in [-0.2, -0.15) is 0 Å². The summed E-state index contributed by atoms with van der Waals surface area (Å²) < 4.78 is 25.0. The number of rotatable bonds is 5. The molecule has 5 heteroatoms. The number of fused-ring (bicyclic) bond motifs is 2. The minimum absolute atomic E-state index is 0.118. The molecular formula is C19H31NO3S. The molecular weight excluding hydrogens is 322 g/mol. The zero-order chi connectivity index (χ0) is 16.7. The molecule has 0 radical (unpaired) electrons. The highest BCUT2D eigenvalue weighted by molar-refractivity contribution is 7.92. The second-order valence-electron chi connectivity index (χ2n) is 8.77. The van der Waals surface area contributed by atoms with Gasteiger partial charge in [-0.05, 0) is 69.1 Å². The summed E-state index contributed by atoms with van der Waals surface area (Å²) in [6.45, 7) is 0.768. The lowest BCUT2D eigenvalue weighted by Gasteiger charge is -2.30. The van der Waals surface area contributed by atoms with Crippen molar-refractivity contribution in [2.75, 3.05) is 12.3 Å². The van der Waals surface area contributed by atoms with Gasteiger partial charge in [0, 0.05) is 12.6 Å². The smallest absolute Gasteiger partial charge is 0.238 e. The molecule has 0 unspecified atom stereocenters. The van der Waals surface area contributed by atoms with Crippen LogP contribution in [0.3, 0.4) is 0 Å². The Morgan fingerprint density at radius 3 is 2.42 bits per heavy atom. The molecule has 4 nitrogen and oxygen atoms in total. The molecule has 0 N–H and O–H groups in total. The number of sulfone groups is 1. The Kier molecular flexibility index (Phi) is 4.65. The second-order valence-corrected chi connectivity index (χ2v) is 11.0. The first kappa shape index (κ1) is 16.9. The van der Waals surface area contributed by atoms with Crippen LogP contribution in [0.2, 0.25) is 0 Å². The number of nitrogens with zero attached hydrogens (tertiary/aromatic N) is 1. The predicted octanol–water partition coefficient (Wildman–Crippen LogP) is 3.16. The van der Waals surface area contributed by atoms with E-state index < -0.39 is 9.84 Å². The van der Waals surface area contributed by atoms with Gasteiger partial charge in [-0.25, -0.2) is 8.42 Å². The summed E-state index contributed by atoms with van der Waals surface area (Å²) in [5.74, 6) is 2.24. The van der Waals surface area contributed by atoms with Gasteiger partial charge >= 0.3 is 0 Å². The number of amides is 1. The molecule has 1 amide bonds. The van der Waals surface area contributed by atoms with Crippen molar-refractivity contribution in [3.05, 3.63) is 0 Å². The maximum atomic E-state index is 12.7. The molecule has 2 bridgehead atoms. The van der Waals surface area contributed by atoms with Crippen molar-refractivity contribution < 1.29 is 13.2 Å². The fourth-order valence-electron chi connectivity index (χ4n) is 6.04. The van der Waals surface area contributed by atoms with Crippen LogP contribution in [0.15, 0.2) is 0 Å². The van der Waals surface area contributed by atoms with Gasteiger partial charge in [-0.1, -0.05) is 19.3 Å². The third-order valence-electron chi connectivity index (χ3n) is 7.29. The van der Waals surface area contributed by atoms with Crippen LogP contribution >= 0.6 is 0 Å². The van der Waals surface area contributed by atoms with Gasteiger partial charge < -0.3 is 4.90 Å². The van der Waals surface area contributed by atoms with Crippen LogP contribution in [0.5, 0.6) is 0 Å². The molecule has 4 aliphatic rings. The molecule has 136 valence electrons. The topological polar surface area (TPSA) is 54.5 Å². The first-order valence-electron chi connectivity index (χ1n) is 10.0. The molecule has 0 aromatic carbocycles. The van der Waals surface area contributed by atoms with E-state index in [1.807, 2.05) is 4.90 Å². The molecule has 24 heavy (non-hydrogen) atoms. The fraction of sp³-hybridized carbons (Fsp3) is 0.947. The lowest BCUT2D eigenvalue weighted by atomic mass is 9.84. The SMILES string of the molecule is O=C(CS(=O)(=O)C1CCCC1)N1CCC[C@H]1C[C@H]1C[C@@H]2CC[C@@H]1C2. The first-order valence-corrected chi connectivity index (χ1v) is 11.8. The van der Waals surface area contributed by atoms with Crippen molar-refractivity contribution in [3.63, 3.8) is 0 Å². The van der Waals surface area contributed by atoms with Gasteiger partial charge in [0.15, 0.2) is 9.84 Å². The van der Waals surface area contributed by atoms with Gasteiger partial charge in [0.25, 0.3) is 0 Å². The van der Waals surface area contributed by atoms with Gasteiger partial charge in [-0.3, -0.25) is 4.79 Å². The first-order chi connectivity index (χ1) is 11.5. The average molecular weight is 354 g/mol. The summed E-state index contributed by atoms with van der Waals surface area (Å²) >= 11 is 0. The zero-order valence-corrected chi connectivity index (χ0v) is 15.5. The second kappa shape index (κ2) is 6.62. The number of carbonyl (C=O) groups excluding carboxylic acids is 1. The standard InChI is InChI=1S/C19H31NO3S/c21-19(13-24(22,23)18-5-1-2-6-18)20-9-3-4-17(20)12-16-11-14-7-8-15(16)10-14/h14-18H,1-13H2/t14-,15-,16-,17+/m1/s1. The molecule has 0 aromatic rings. The summed E-state index contributed by atoms with van der Waals surface area (Å²) in [4.78, 5) is 14.6. The minimum Gasteiger partial charge on any atom is -0.339 e. The van der Waals surface area contributed by atoms with E-state index in [1.165, 1.54) is 25.7 Å². The number of carbonyl (C=O) groups is 1. The Morgan fingerprint density at radius 1 is 0.958 bits per heavy atom. The van der Waals surface area contributed by atoms with Crippen LogP contribution in [0.1, 0.15) is 70.6 Å². The summed E-state index contributed by atoms with van der Waals surface area (Å²) in [6, 6.07) is 0.306. The van der Waals surface area contributed by atoms with Crippen LogP contribution in [0.4, 0.5) is 0 Å². The van der Waals surface area contributed by atoms with Crippen LogP contribution < -0.4 is 0 Å². The van der Waals surface area contributed by atoms with Crippen molar-refractivity contribution in [2.24, 2.45) is 17.8 Å². The number of likely N-dealkylation sites (tertiary alicyclic amines) is 1. The maximum absolute atomic E-state index is 12.7. The Labute approximate surface area is 146 Å². The van der Waals surface area contributed by atoms with Gasteiger partial charge in [0.1, 0.15) is 5.75 Å². The maximum Gasteiger partial charge on any atom is 0.238 e. The molecule has 1 heterocycles. The number of hydrogen-bond acceptors (Lipinski definition) is 3.